The van der Waals surface area contributed by atoms with E-state index in [9.17, 15) is 4.79 Å². The standard InChI is InChI=1S/C17H21N3O/c1-4-18-16-9-8-12(2)10-15(16)17(21)19-11-14-7-5-6-13(3)20-14/h5-10,18H,4,11H2,1-3H3,(H,19,21). The van der Waals surface area contributed by atoms with Crippen molar-refractivity contribution in [2.75, 3.05) is 11.9 Å². The summed E-state index contributed by atoms with van der Waals surface area (Å²) < 4.78 is 0. The number of hydrogen-bond donors (Lipinski definition) is 2. The third-order valence-corrected chi connectivity index (χ3v) is 3.16. The van der Waals surface area contributed by atoms with E-state index in [1.807, 2.05) is 57.2 Å². The Kier molecular flexibility index (Phi) is 4.93. The fourth-order valence-corrected chi connectivity index (χ4v) is 2.15. The molecule has 2 aromatic rings. The summed E-state index contributed by atoms with van der Waals surface area (Å²) in [5, 5.41) is 6.14. The number of carbonyl (C=O) groups excluding carboxylic acids is 1. The van der Waals surface area contributed by atoms with Crippen LogP contribution in [0.25, 0.3) is 0 Å². The Morgan fingerprint density at radius 1 is 1.19 bits per heavy atom. The molecule has 2 N–H and O–H groups in total. The number of carbonyl (C=O) groups is 1. The molecule has 110 valence electrons. The summed E-state index contributed by atoms with van der Waals surface area (Å²) in [7, 11) is 0. The van der Waals surface area contributed by atoms with Crippen LogP contribution in [0.2, 0.25) is 0 Å². The molecule has 2 rings (SSSR count). The molecule has 0 atom stereocenters. The van der Waals surface area contributed by atoms with Crippen LogP contribution < -0.4 is 10.6 Å². The first kappa shape index (κ1) is 15.0. The number of anilines is 1. The fourth-order valence-electron chi connectivity index (χ4n) is 2.15. The summed E-state index contributed by atoms with van der Waals surface area (Å²) >= 11 is 0. The molecule has 1 aromatic heterocycles. The quantitative estimate of drug-likeness (QED) is 0.886. The minimum atomic E-state index is -0.0852. The third kappa shape index (κ3) is 4.05. The second-order valence-electron chi connectivity index (χ2n) is 5.03. The van der Waals surface area contributed by atoms with Crippen molar-refractivity contribution in [3.05, 3.63) is 58.9 Å². The van der Waals surface area contributed by atoms with Crippen LogP contribution >= 0.6 is 0 Å². The van der Waals surface area contributed by atoms with Gasteiger partial charge in [-0.2, -0.15) is 0 Å². The van der Waals surface area contributed by atoms with Crippen LogP contribution in [0.1, 0.15) is 34.2 Å². The lowest BCUT2D eigenvalue weighted by Crippen LogP contribution is -2.24. The molecule has 0 aliphatic heterocycles. The van der Waals surface area contributed by atoms with Gasteiger partial charge in [0.15, 0.2) is 0 Å². The summed E-state index contributed by atoms with van der Waals surface area (Å²) in [6, 6.07) is 11.6. The van der Waals surface area contributed by atoms with E-state index in [1.165, 1.54) is 0 Å². The van der Waals surface area contributed by atoms with Gasteiger partial charge in [0, 0.05) is 17.9 Å². The van der Waals surface area contributed by atoms with Crippen molar-refractivity contribution in [1.29, 1.82) is 0 Å². The van der Waals surface area contributed by atoms with Gasteiger partial charge in [-0.3, -0.25) is 9.78 Å². The molecule has 1 aromatic carbocycles. The lowest BCUT2D eigenvalue weighted by atomic mass is 10.1. The van der Waals surface area contributed by atoms with E-state index in [2.05, 4.69) is 15.6 Å². The van der Waals surface area contributed by atoms with E-state index in [-0.39, 0.29) is 5.91 Å². The zero-order valence-electron chi connectivity index (χ0n) is 12.7. The lowest BCUT2D eigenvalue weighted by molar-refractivity contribution is 0.0951. The van der Waals surface area contributed by atoms with E-state index >= 15 is 0 Å². The molecule has 0 fully saturated rings. The van der Waals surface area contributed by atoms with Crippen molar-refractivity contribution in [1.82, 2.24) is 10.3 Å². The van der Waals surface area contributed by atoms with Gasteiger partial charge < -0.3 is 10.6 Å². The van der Waals surface area contributed by atoms with E-state index in [0.29, 0.717) is 12.1 Å². The van der Waals surface area contributed by atoms with Crippen LogP contribution in [-0.2, 0) is 6.54 Å². The second kappa shape index (κ2) is 6.88. The molecular formula is C17H21N3O. The third-order valence-electron chi connectivity index (χ3n) is 3.16. The molecule has 0 saturated carbocycles. The van der Waals surface area contributed by atoms with Crippen molar-refractivity contribution >= 4 is 11.6 Å². The Hall–Kier alpha value is -2.36. The predicted octanol–water partition coefficient (Wildman–Crippen LogP) is 3.06. The Morgan fingerprint density at radius 2 is 2.00 bits per heavy atom. The Bertz CT molecular complexity index is 638. The number of aryl methyl sites for hydroxylation is 2. The maximum absolute atomic E-state index is 12.4. The smallest absolute Gasteiger partial charge is 0.253 e. The first-order valence-corrected chi connectivity index (χ1v) is 7.15. The zero-order valence-corrected chi connectivity index (χ0v) is 12.7. The highest BCUT2D eigenvalue weighted by molar-refractivity contribution is 5.99. The highest BCUT2D eigenvalue weighted by Crippen LogP contribution is 2.17. The molecule has 1 heterocycles. The second-order valence-corrected chi connectivity index (χ2v) is 5.03. The largest absolute Gasteiger partial charge is 0.385 e. The summed E-state index contributed by atoms with van der Waals surface area (Å²) in [4.78, 5) is 16.8. The van der Waals surface area contributed by atoms with Crippen LogP contribution in [0, 0.1) is 13.8 Å². The SMILES string of the molecule is CCNc1ccc(C)cc1C(=O)NCc1cccc(C)n1. The Labute approximate surface area is 125 Å². The van der Waals surface area contributed by atoms with Gasteiger partial charge in [-0.1, -0.05) is 17.7 Å². The summed E-state index contributed by atoms with van der Waals surface area (Å²) in [6.45, 7) is 7.14. The number of benzene rings is 1. The van der Waals surface area contributed by atoms with E-state index in [4.69, 9.17) is 0 Å². The predicted molar refractivity (Wildman–Crippen MR) is 85.5 cm³/mol. The van der Waals surface area contributed by atoms with Crippen LogP contribution in [0.4, 0.5) is 5.69 Å². The monoisotopic (exact) mass is 283 g/mol. The van der Waals surface area contributed by atoms with Crippen molar-refractivity contribution in [3.63, 3.8) is 0 Å². The molecule has 0 spiro atoms. The van der Waals surface area contributed by atoms with Gasteiger partial charge >= 0.3 is 0 Å². The van der Waals surface area contributed by atoms with Gasteiger partial charge in [0.05, 0.1) is 17.8 Å². The molecule has 0 unspecified atom stereocenters. The van der Waals surface area contributed by atoms with E-state index in [0.717, 1.165) is 29.2 Å². The minimum Gasteiger partial charge on any atom is -0.385 e. The van der Waals surface area contributed by atoms with Gasteiger partial charge in [0.1, 0.15) is 0 Å². The maximum atomic E-state index is 12.4. The van der Waals surface area contributed by atoms with Crippen molar-refractivity contribution in [2.24, 2.45) is 0 Å². The molecule has 0 saturated heterocycles. The summed E-state index contributed by atoms with van der Waals surface area (Å²) in [5.74, 6) is -0.0852. The fraction of sp³-hybridized carbons (Fsp3) is 0.294. The Morgan fingerprint density at radius 3 is 2.71 bits per heavy atom. The first-order chi connectivity index (χ1) is 10.1. The highest BCUT2D eigenvalue weighted by atomic mass is 16.1. The summed E-state index contributed by atoms with van der Waals surface area (Å²) in [6.07, 6.45) is 0. The number of pyridine rings is 1. The molecule has 0 aliphatic rings. The normalized spacial score (nSPS) is 10.2. The van der Waals surface area contributed by atoms with Gasteiger partial charge in [0.25, 0.3) is 5.91 Å². The van der Waals surface area contributed by atoms with Gasteiger partial charge in [-0.15, -0.1) is 0 Å². The summed E-state index contributed by atoms with van der Waals surface area (Å²) in [5.41, 5.74) is 4.41. The Balaban J connectivity index is 2.11. The molecular weight excluding hydrogens is 262 g/mol. The molecule has 4 nitrogen and oxygen atoms in total. The van der Waals surface area contributed by atoms with Crippen LogP contribution in [0.3, 0.4) is 0 Å². The van der Waals surface area contributed by atoms with Crippen molar-refractivity contribution in [3.8, 4) is 0 Å². The van der Waals surface area contributed by atoms with Crippen LogP contribution in [0.15, 0.2) is 36.4 Å². The zero-order chi connectivity index (χ0) is 15.2. The number of nitrogens with one attached hydrogen (secondary N) is 2. The average Bonchev–Trinajstić information content (AvgIpc) is 2.47. The maximum Gasteiger partial charge on any atom is 0.253 e. The molecule has 0 aliphatic carbocycles. The molecule has 0 radical (unpaired) electrons. The molecule has 1 amide bonds. The van der Waals surface area contributed by atoms with E-state index in [1.54, 1.807) is 0 Å². The number of nitrogens with zero attached hydrogens (tertiary/aromatic N) is 1. The number of hydrogen-bond acceptors (Lipinski definition) is 3. The minimum absolute atomic E-state index is 0.0852. The van der Waals surface area contributed by atoms with Crippen LogP contribution in [-0.4, -0.2) is 17.4 Å². The highest BCUT2D eigenvalue weighted by Gasteiger charge is 2.11. The first-order valence-electron chi connectivity index (χ1n) is 7.15. The van der Waals surface area contributed by atoms with Crippen molar-refractivity contribution < 1.29 is 4.79 Å². The number of rotatable bonds is 5. The molecule has 0 bridgehead atoms. The van der Waals surface area contributed by atoms with Crippen LogP contribution in [0.5, 0.6) is 0 Å². The number of aromatic nitrogens is 1. The van der Waals surface area contributed by atoms with Crippen molar-refractivity contribution in [2.45, 2.75) is 27.3 Å². The van der Waals surface area contributed by atoms with Gasteiger partial charge in [-0.05, 0) is 45.0 Å². The molecule has 21 heavy (non-hydrogen) atoms. The molecule has 4 heteroatoms. The van der Waals surface area contributed by atoms with Gasteiger partial charge in [0.2, 0.25) is 0 Å². The average molecular weight is 283 g/mol. The topological polar surface area (TPSA) is 54.0 Å². The van der Waals surface area contributed by atoms with Gasteiger partial charge in [-0.25, -0.2) is 0 Å². The van der Waals surface area contributed by atoms with E-state index < -0.39 is 0 Å². The number of amides is 1. The lowest BCUT2D eigenvalue weighted by Gasteiger charge is -2.12.